The van der Waals surface area contributed by atoms with Gasteiger partial charge in [0.05, 0.1) is 0 Å². The van der Waals surface area contributed by atoms with E-state index in [-0.39, 0.29) is 5.56 Å². The van der Waals surface area contributed by atoms with Crippen molar-refractivity contribution in [3.63, 3.8) is 0 Å². The molecule has 2 unspecified atom stereocenters. The zero-order chi connectivity index (χ0) is 12.8. The van der Waals surface area contributed by atoms with E-state index in [0.29, 0.717) is 11.8 Å². The van der Waals surface area contributed by atoms with E-state index in [1.807, 2.05) is 10.6 Å². The Bertz CT molecular complexity index is 530. The second kappa shape index (κ2) is 4.48. The van der Waals surface area contributed by atoms with Gasteiger partial charge in [0.1, 0.15) is 0 Å². The van der Waals surface area contributed by atoms with Crippen molar-refractivity contribution >= 4 is 0 Å². The molecule has 2 aliphatic heterocycles. The minimum Gasteiger partial charge on any atom is -0.312 e. The highest BCUT2D eigenvalue weighted by Crippen LogP contribution is 2.37. The summed E-state index contributed by atoms with van der Waals surface area (Å²) < 4.78 is 2.03. The second-order valence-corrected chi connectivity index (χ2v) is 6.59. The number of hydrogen-bond acceptors (Lipinski definition) is 2. The lowest BCUT2D eigenvalue weighted by Gasteiger charge is -2.45. The summed E-state index contributed by atoms with van der Waals surface area (Å²) in [4.78, 5) is 14.7. The maximum absolute atomic E-state index is 12.0. The monoisotopic (exact) mass is 258 g/mol. The largest absolute Gasteiger partial charge is 0.312 e. The average Bonchev–Trinajstić information content (AvgIpc) is 2.94. The van der Waals surface area contributed by atoms with Crippen molar-refractivity contribution < 1.29 is 0 Å². The molecule has 2 bridgehead atoms. The van der Waals surface area contributed by atoms with Crippen LogP contribution >= 0.6 is 0 Å². The molecule has 102 valence electrons. The summed E-state index contributed by atoms with van der Waals surface area (Å²) in [5.41, 5.74) is 1.48. The first-order valence-electron chi connectivity index (χ1n) is 7.75. The van der Waals surface area contributed by atoms with E-state index in [1.165, 1.54) is 50.9 Å². The van der Waals surface area contributed by atoms with Gasteiger partial charge in [-0.15, -0.1) is 0 Å². The number of pyridine rings is 1. The van der Waals surface area contributed by atoms with Crippen LogP contribution in [0.1, 0.15) is 43.7 Å². The number of hydrogen-bond donors (Lipinski definition) is 0. The van der Waals surface area contributed by atoms with E-state index in [9.17, 15) is 4.79 Å². The summed E-state index contributed by atoms with van der Waals surface area (Å²) in [5.74, 6) is 1.27. The van der Waals surface area contributed by atoms with Crippen molar-refractivity contribution in [3.8, 4) is 0 Å². The Morgan fingerprint density at radius 1 is 1.05 bits per heavy atom. The lowest BCUT2D eigenvalue weighted by atomic mass is 9.82. The molecule has 2 atom stereocenters. The van der Waals surface area contributed by atoms with Crippen molar-refractivity contribution in [1.29, 1.82) is 0 Å². The van der Waals surface area contributed by atoms with Gasteiger partial charge in [-0.2, -0.15) is 0 Å². The Kier molecular flexibility index (Phi) is 2.76. The number of nitrogens with zero attached hydrogens (tertiary/aromatic N) is 2. The molecular weight excluding hydrogens is 236 g/mol. The fourth-order valence-corrected chi connectivity index (χ4v) is 4.50. The van der Waals surface area contributed by atoms with Gasteiger partial charge in [0.2, 0.25) is 0 Å². The molecule has 0 N–H and O–H groups in total. The molecule has 0 aromatic carbocycles. The predicted octanol–water partition coefficient (Wildman–Crippen LogP) is 2.21. The quantitative estimate of drug-likeness (QED) is 0.771. The van der Waals surface area contributed by atoms with Crippen LogP contribution in [0.4, 0.5) is 0 Å². The maximum atomic E-state index is 12.0. The molecule has 1 saturated heterocycles. The van der Waals surface area contributed by atoms with Gasteiger partial charge >= 0.3 is 0 Å². The highest BCUT2D eigenvalue weighted by molar-refractivity contribution is 5.17. The molecule has 1 aromatic rings. The molecule has 2 fully saturated rings. The fourth-order valence-electron chi connectivity index (χ4n) is 4.50. The van der Waals surface area contributed by atoms with E-state index < -0.39 is 0 Å². The Balaban J connectivity index is 1.64. The first-order valence-corrected chi connectivity index (χ1v) is 7.75. The van der Waals surface area contributed by atoms with Gasteiger partial charge in [0.15, 0.2) is 0 Å². The van der Waals surface area contributed by atoms with E-state index in [4.69, 9.17) is 0 Å². The topological polar surface area (TPSA) is 25.2 Å². The minimum atomic E-state index is 0.196. The smallest absolute Gasteiger partial charge is 0.250 e. The molecule has 0 spiro atoms. The molecule has 3 aliphatic rings. The third kappa shape index (κ3) is 1.95. The van der Waals surface area contributed by atoms with E-state index in [0.717, 1.165) is 12.6 Å². The Labute approximate surface area is 114 Å². The summed E-state index contributed by atoms with van der Waals surface area (Å²) >= 11 is 0. The average molecular weight is 258 g/mol. The molecule has 4 rings (SSSR count). The van der Waals surface area contributed by atoms with Crippen LogP contribution in [-0.4, -0.2) is 28.6 Å². The predicted molar refractivity (Wildman–Crippen MR) is 75.4 cm³/mol. The van der Waals surface area contributed by atoms with Gasteiger partial charge in [0.25, 0.3) is 5.56 Å². The fraction of sp³-hybridized carbons (Fsp3) is 0.688. The molecule has 1 aliphatic carbocycles. The summed E-state index contributed by atoms with van der Waals surface area (Å²) in [6.07, 6.45) is 6.88. The van der Waals surface area contributed by atoms with Crippen molar-refractivity contribution in [2.45, 2.75) is 50.6 Å². The van der Waals surface area contributed by atoms with Crippen molar-refractivity contribution in [2.75, 3.05) is 13.1 Å². The Hall–Kier alpha value is -1.09. The van der Waals surface area contributed by atoms with E-state index >= 15 is 0 Å². The van der Waals surface area contributed by atoms with Crippen LogP contribution in [0, 0.1) is 5.92 Å². The molecule has 1 aromatic heterocycles. The lowest BCUT2D eigenvalue weighted by molar-refractivity contribution is 0.0835. The first kappa shape index (κ1) is 11.7. The zero-order valence-corrected chi connectivity index (χ0v) is 11.4. The second-order valence-electron chi connectivity index (χ2n) is 6.59. The van der Waals surface area contributed by atoms with Gasteiger partial charge in [-0.1, -0.05) is 18.9 Å². The summed E-state index contributed by atoms with van der Waals surface area (Å²) in [6, 6.07) is 6.63. The number of fused-ring (bicyclic) bond motifs is 4. The van der Waals surface area contributed by atoms with E-state index in [2.05, 4.69) is 11.0 Å². The van der Waals surface area contributed by atoms with Crippen molar-refractivity contribution in [2.24, 2.45) is 5.92 Å². The molecule has 19 heavy (non-hydrogen) atoms. The highest BCUT2D eigenvalue weighted by atomic mass is 16.1. The molecule has 3 heterocycles. The number of likely N-dealkylation sites (tertiary alicyclic amines) is 1. The van der Waals surface area contributed by atoms with Gasteiger partial charge < -0.3 is 4.57 Å². The Morgan fingerprint density at radius 2 is 1.89 bits per heavy atom. The molecular formula is C16H22N2O. The van der Waals surface area contributed by atoms with Crippen LogP contribution < -0.4 is 5.56 Å². The SMILES string of the molecule is O=c1cccc2n1CC1CC2CN(C2CCCC2)C1. The van der Waals surface area contributed by atoms with Crippen molar-refractivity contribution in [1.82, 2.24) is 9.47 Å². The van der Waals surface area contributed by atoms with Crippen LogP contribution in [-0.2, 0) is 6.54 Å². The molecule has 3 heteroatoms. The van der Waals surface area contributed by atoms with Crippen LogP contribution in [0.2, 0.25) is 0 Å². The van der Waals surface area contributed by atoms with Crippen LogP contribution in [0.3, 0.4) is 0 Å². The maximum Gasteiger partial charge on any atom is 0.250 e. The summed E-state index contributed by atoms with van der Waals surface area (Å²) in [5, 5.41) is 0. The van der Waals surface area contributed by atoms with Crippen LogP contribution in [0.5, 0.6) is 0 Å². The van der Waals surface area contributed by atoms with Crippen LogP contribution in [0.15, 0.2) is 23.0 Å². The van der Waals surface area contributed by atoms with Gasteiger partial charge in [-0.05, 0) is 31.2 Å². The molecule has 0 radical (unpaired) electrons. The first-order chi connectivity index (χ1) is 9.31. The van der Waals surface area contributed by atoms with Crippen molar-refractivity contribution in [3.05, 3.63) is 34.2 Å². The number of rotatable bonds is 1. The molecule has 3 nitrogen and oxygen atoms in total. The third-order valence-corrected chi connectivity index (χ3v) is 5.35. The Morgan fingerprint density at radius 3 is 2.74 bits per heavy atom. The summed E-state index contributed by atoms with van der Waals surface area (Å²) in [7, 11) is 0. The molecule has 1 saturated carbocycles. The molecule has 0 amide bonds. The summed E-state index contributed by atoms with van der Waals surface area (Å²) in [6.45, 7) is 3.32. The van der Waals surface area contributed by atoms with Crippen LogP contribution in [0.25, 0.3) is 0 Å². The van der Waals surface area contributed by atoms with Gasteiger partial charge in [-0.3, -0.25) is 9.69 Å². The van der Waals surface area contributed by atoms with Gasteiger partial charge in [0, 0.05) is 43.4 Å². The lowest BCUT2D eigenvalue weighted by Crippen LogP contribution is -2.49. The highest BCUT2D eigenvalue weighted by Gasteiger charge is 2.37. The number of piperidine rings is 1. The standard InChI is InChI=1S/C16H22N2O/c19-16-7-3-6-15-13-8-12(10-18(15)16)9-17(11-13)14-4-1-2-5-14/h3,6-7,12-14H,1-2,4-5,8-11H2. The number of aromatic nitrogens is 1. The normalized spacial score (nSPS) is 31.4. The zero-order valence-electron chi connectivity index (χ0n) is 11.4. The minimum absolute atomic E-state index is 0.196. The van der Waals surface area contributed by atoms with E-state index in [1.54, 1.807) is 6.07 Å². The van der Waals surface area contributed by atoms with Gasteiger partial charge in [-0.25, -0.2) is 0 Å². The third-order valence-electron chi connectivity index (χ3n) is 5.35.